The molecule has 0 fully saturated rings. The Labute approximate surface area is 206 Å². The average molecular weight is 543 g/mol. The smallest absolute Gasteiger partial charge is 0.191 e. The summed E-state index contributed by atoms with van der Waals surface area (Å²) < 4.78 is 4.09. The van der Waals surface area contributed by atoms with Crippen molar-refractivity contribution in [2.75, 3.05) is 7.05 Å². The highest BCUT2D eigenvalue weighted by Gasteiger charge is 2.10. The number of aliphatic imine (C=N–C) groups is 1. The van der Waals surface area contributed by atoms with Crippen LogP contribution in [0, 0.1) is 13.8 Å². The Kier molecular flexibility index (Phi) is 7.89. The molecule has 4 aromatic rings. The van der Waals surface area contributed by atoms with Gasteiger partial charge in [0.15, 0.2) is 5.96 Å². The molecule has 32 heavy (non-hydrogen) atoms. The maximum atomic E-state index is 4.47. The van der Waals surface area contributed by atoms with Crippen molar-refractivity contribution in [2.24, 2.45) is 12.0 Å². The molecule has 0 atom stereocenters. The lowest BCUT2D eigenvalue weighted by molar-refractivity contribution is 0.728. The highest BCUT2D eigenvalue weighted by Crippen LogP contribution is 2.15. The molecule has 0 aliphatic rings. The Hall–Kier alpha value is -2.88. The minimum atomic E-state index is 0. The largest absolute Gasteiger partial charge is 0.352 e. The number of hydrogen-bond donors (Lipinski definition) is 2. The van der Waals surface area contributed by atoms with Gasteiger partial charge in [0.1, 0.15) is 0 Å². The van der Waals surface area contributed by atoms with Crippen LogP contribution in [0.2, 0.25) is 0 Å². The standard InChI is InChI=1S/C24H29N7.HI/c1-17-21(18(2)30(4)29-17)14-27-24(25-3)26-13-19-9-11-20(12-10-19)15-31-16-28-22-7-5-6-8-23(22)31;/h5-12,16H,13-15H2,1-4H3,(H2,25,26,27);1H. The Morgan fingerprint density at radius 2 is 1.66 bits per heavy atom. The van der Waals surface area contributed by atoms with Crippen molar-refractivity contribution in [1.29, 1.82) is 0 Å². The molecule has 168 valence electrons. The average Bonchev–Trinajstić information content (AvgIpc) is 3.29. The van der Waals surface area contributed by atoms with Crippen LogP contribution in [0.4, 0.5) is 0 Å². The van der Waals surface area contributed by atoms with Gasteiger partial charge in [-0.05, 0) is 37.1 Å². The summed E-state index contributed by atoms with van der Waals surface area (Å²) in [5.74, 6) is 0.775. The third-order valence-corrected chi connectivity index (χ3v) is 5.68. The van der Waals surface area contributed by atoms with Crippen LogP contribution in [-0.4, -0.2) is 32.3 Å². The molecule has 4 rings (SSSR count). The molecule has 0 bridgehead atoms. The van der Waals surface area contributed by atoms with E-state index in [1.54, 1.807) is 7.05 Å². The molecule has 2 N–H and O–H groups in total. The van der Waals surface area contributed by atoms with Gasteiger partial charge in [-0.2, -0.15) is 5.10 Å². The number of guanidine groups is 1. The van der Waals surface area contributed by atoms with Gasteiger partial charge in [-0.3, -0.25) is 9.67 Å². The number of aromatic nitrogens is 4. The molecule has 0 saturated heterocycles. The van der Waals surface area contributed by atoms with E-state index in [1.807, 2.05) is 43.2 Å². The van der Waals surface area contributed by atoms with E-state index >= 15 is 0 Å². The van der Waals surface area contributed by atoms with Crippen molar-refractivity contribution in [2.45, 2.75) is 33.5 Å². The van der Waals surface area contributed by atoms with Gasteiger partial charge in [0.2, 0.25) is 0 Å². The topological polar surface area (TPSA) is 72.1 Å². The van der Waals surface area contributed by atoms with Gasteiger partial charge in [-0.15, -0.1) is 24.0 Å². The first-order chi connectivity index (χ1) is 15.0. The summed E-state index contributed by atoms with van der Waals surface area (Å²) in [5, 5.41) is 11.2. The number of nitrogens with one attached hydrogen (secondary N) is 2. The molecule has 7 nitrogen and oxygen atoms in total. The second-order valence-corrected chi connectivity index (χ2v) is 7.73. The third-order valence-electron chi connectivity index (χ3n) is 5.68. The van der Waals surface area contributed by atoms with E-state index in [-0.39, 0.29) is 24.0 Å². The van der Waals surface area contributed by atoms with Crippen molar-refractivity contribution >= 4 is 41.0 Å². The zero-order chi connectivity index (χ0) is 21.8. The lowest BCUT2D eigenvalue weighted by Crippen LogP contribution is -2.36. The molecule has 0 unspecified atom stereocenters. The van der Waals surface area contributed by atoms with Gasteiger partial charge < -0.3 is 15.2 Å². The predicted molar refractivity (Wildman–Crippen MR) is 140 cm³/mol. The molecule has 0 radical (unpaired) electrons. The van der Waals surface area contributed by atoms with Crippen molar-refractivity contribution in [1.82, 2.24) is 30.0 Å². The van der Waals surface area contributed by atoms with Crippen molar-refractivity contribution in [3.05, 3.63) is 82.9 Å². The molecule has 2 aromatic carbocycles. The van der Waals surface area contributed by atoms with E-state index in [2.05, 4.69) is 67.5 Å². The van der Waals surface area contributed by atoms with Crippen LogP contribution in [0.1, 0.15) is 28.1 Å². The number of para-hydroxylation sites is 2. The Bertz CT molecular complexity index is 1210. The zero-order valence-corrected chi connectivity index (χ0v) is 21.3. The summed E-state index contributed by atoms with van der Waals surface area (Å²) in [7, 11) is 3.76. The minimum Gasteiger partial charge on any atom is -0.352 e. The van der Waals surface area contributed by atoms with Gasteiger partial charge in [0.25, 0.3) is 0 Å². The normalized spacial score (nSPS) is 11.4. The molecule has 8 heteroatoms. The molecule has 0 aliphatic carbocycles. The summed E-state index contributed by atoms with van der Waals surface area (Å²) in [6.45, 7) is 6.33. The summed E-state index contributed by atoms with van der Waals surface area (Å²) in [6.07, 6.45) is 1.90. The lowest BCUT2D eigenvalue weighted by atomic mass is 10.1. The first-order valence-electron chi connectivity index (χ1n) is 10.5. The predicted octanol–water partition coefficient (Wildman–Crippen LogP) is 3.92. The fourth-order valence-corrected chi connectivity index (χ4v) is 3.75. The van der Waals surface area contributed by atoms with E-state index in [4.69, 9.17) is 0 Å². The fourth-order valence-electron chi connectivity index (χ4n) is 3.75. The van der Waals surface area contributed by atoms with Crippen LogP contribution in [0.5, 0.6) is 0 Å². The highest BCUT2D eigenvalue weighted by atomic mass is 127. The maximum absolute atomic E-state index is 4.47. The lowest BCUT2D eigenvalue weighted by Gasteiger charge is -2.13. The summed E-state index contributed by atoms with van der Waals surface area (Å²) in [4.78, 5) is 8.81. The third kappa shape index (κ3) is 5.29. The van der Waals surface area contributed by atoms with Gasteiger partial charge in [-0.25, -0.2) is 4.98 Å². The fraction of sp³-hybridized carbons (Fsp3) is 0.292. The van der Waals surface area contributed by atoms with Gasteiger partial charge >= 0.3 is 0 Å². The first-order valence-corrected chi connectivity index (χ1v) is 10.5. The number of aryl methyl sites for hydroxylation is 2. The van der Waals surface area contributed by atoms with Crippen LogP contribution >= 0.6 is 24.0 Å². The van der Waals surface area contributed by atoms with Crippen molar-refractivity contribution in [3.8, 4) is 0 Å². The van der Waals surface area contributed by atoms with Crippen LogP contribution in [0.3, 0.4) is 0 Å². The van der Waals surface area contributed by atoms with Crippen LogP contribution in [-0.2, 0) is 26.7 Å². The monoisotopic (exact) mass is 543 g/mol. The molecular formula is C24H30IN7. The summed E-state index contributed by atoms with van der Waals surface area (Å²) >= 11 is 0. The SMILES string of the molecule is CN=C(NCc1ccc(Cn2cnc3ccccc32)cc1)NCc1c(C)nn(C)c1C.I. The summed E-state index contributed by atoms with van der Waals surface area (Å²) in [5.41, 5.74) is 8.06. The molecule has 0 saturated carbocycles. The van der Waals surface area contributed by atoms with Crippen molar-refractivity contribution in [3.63, 3.8) is 0 Å². The Morgan fingerprint density at radius 3 is 2.34 bits per heavy atom. The molecule has 2 heterocycles. The molecule has 0 aliphatic heterocycles. The second-order valence-electron chi connectivity index (χ2n) is 7.73. The molecule has 0 amide bonds. The van der Waals surface area contributed by atoms with Crippen LogP contribution in [0.25, 0.3) is 11.0 Å². The number of fused-ring (bicyclic) bond motifs is 1. The van der Waals surface area contributed by atoms with E-state index < -0.39 is 0 Å². The van der Waals surface area contributed by atoms with Crippen molar-refractivity contribution < 1.29 is 0 Å². The maximum Gasteiger partial charge on any atom is 0.191 e. The molecule has 2 aromatic heterocycles. The van der Waals surface area contributed by atoms with E-state index in [1.165, 1.54) is 22.4 Å². The molecule has 0 spiro atoms. The molecular weight excluding hydrogens is 513 g/mol. The number of benzene rings is 2. The van der Waals surface area contributed by atoms with Crippen LogP contribution < -0.4 is 10.6 Å². The quantitative estimate of drug-likeness (QED) is 0.220. The highest BCUT2D eigenvalue weighted by molar-refractivity contribution is 14.0. The van der Waals surface area contributed by atoms with E-state index in [0.717, 1.165) is 29.2 Å². The number of halogens is 1. The van der Waals surface area contributed by atoms with Gasteiger partial charge in [0.05, 0.1) is 23.1 Å². The Morgan fingerprint density at radius 1 is 0.969 bits per heavy atom. The van der Waals surface area contributed by atoms with Gasteiger partial charge in [0, 0.05) is 45.0 Å². The zero-order valence-electron chi connectivity index (χ0n) is 19.0. The van der Waals surface area contributed by atoms with Crippen LogP contribution in [0.15, 0.2) is 59.9 Å². The summed E-state index contributed by atoms with van der Waals surface area (Å²) in [6, 6.07) is 16.9. The number of imidazole rings is 1. The van der Waals surface area contributed by atoms with E-state index in [0.29, 0.717) is 13.1 Å². The van der Waals surface area contributed by atoms with Gasteiger partial charge in [-0.1, -0.05) is 36.4 Å². The number of nitrogens with zero attached hydrogens (tertiary/aromatic N) is 5. The minimum absolute atomic E-state index is 0. The number of hydrogen-bond acceptors (Lipinski definition) is 3. The Balaban J connectivity index is 0.00000289. The first kappa shape index (κ1) is 23.8. The second kappa shape index (κ2) is 10.6. The van der Waals surface area contributed by atoms with E-state index in [9.17, 15) is 0 Å². The number of rotatable bonds is 6.